The van der Waals surface area contributed by atoms with Crippen molar-refractivity contribution in [3.8, 4) is 0 Å². The topological polar surface area (TPSA) is 24.9 Å². The third-order valence-electron chi connectivity index (χ3n) is 3.35. The van der Waals surface area contributed by atoms with Gasteiger partial charge < -0.3 is 5.32 Å². The summed E-state index contributed by atoms with van der Waals surface area (Å²) in [5.74, 6) is 0. The summed E-state index contributed by atoms with van der Waals surface area (Å²) in [6.45, 7) is 11.7. The van der Waals surface area contributed by atoms with Crippen molar-refractivity contribution in [2.45, 2.75) is 52.6 Å². The van der Waals surface area contributed by atoms with E-state index in [1.807, 2.05) is 12.1 Å². The molecule has 1 aromatic carbocycles. The maximum absolute atomic E-state index is 6.33. The Labute approximate surface area is 126 Å². The molecule has 20 heavy (non-hydrogen) atoms. The maximum atomic E-state index is 6.33. The lowest BCUT2D eigenvalue weighted by atomic mass is 9.90. The summed E-state index contributed by atoms with van der Waals surface area (Å²) in [5.41, 5.74) is 3.26. The smallest absolute Gasteiger partial charge is 0.0894 e. The number of hydrogen-bond donors (Lipinski definition) is 1. The van der Waals surface area contributed by atoms with Crippen molar-refractivity contribution in [2.24, 2.45) is 0 Å². The van der Waals surface area contributed by atoms with Crippen LogP contribution in [0.4, 0.5) is 0 Å². The minimum atomic E-state index is 0.0138. The van der Waals surface area contributed by atoms with Gasteiger partial charge in [0.1, 0.15) is 0 Å². The van der Waals surface area contributed by atoms with Gasteiger partial charge in [0, 0.05) is 29.1 Å². The Hall–Kier alpha value is -1.12. The van der Waals surface area contributed by atoms with Crippen LogP contribution in [-0.2, 0) is 12.0 Å². The number of halogens is 1. The second-order valence-corrected chi connectivity index (χ2v) is 7.00. The van der Waals surface area contributed by atoms with Crippen LogP contribution in [0.15, 0.2) is 24.3 Å². The van der Waals surface area contributed by atoms with Crippen molar-refractivity contribution in [1.29, 1.82) is 0 Å². The highest BCUT2D eigenvalue weighted by Crippen LogP contribution is 2.29. The predicted molar refractivity (Wildman–Crippen MR) is 87.4 cm³/mol. The van der Waals surface area contributed by atoms with Gasteiger partial charge in [0.05, 0.1) is 10.5 Å². The Bertz CT molecular complexity index is 612. The molecule has 1 heterocycles. The first kappa shape index (κ1) is 15.3. The lowest BCUT2D eigenvalue weighted by Gasteiger charge is -2.21. The van der Waals surface area contributed by atoms with Crippen LogP contribution >= 0.6 is 11.6 Å². The van der Waals surface area contributed by atoms with Gasteiger partial charge in [0.15, 0.2) is 0 Å². The van der Waals surface area contributed by atoms with Crippen molar-refractivity contribution >= 4 is 22.5 Å². The second-order valence-electron chi connectivity index (χ2n) is 6.59. The molecule has 1 aromatic heterocycles. The van der Waals surface area contributed by atoms with Crippen molar-refractivity contribution in [3.05, 3.63) is 40.5 Å². The van der Waals surface area contributed by atoms with Crippen LogP contribution in [0.2, 0.25) is 5.02 Å². The number of nitrogens with one attached hydrogen (secondary N) is 1. The van der Waals surface area contributed by atoms with E-state index < -0.39 is 0 Å². The van der Waals surface area contributed by atoms with Gasteiger partial charge >= 0.3 is 0 Å². The van der Waals surface area contributed by atoms with Gasteiger partial charge in [-0.2, -0.15) is 0 Å². The molecule has 3 heteroatoms. The quantitative estimate of drug-likeness (QED) is 0.887. The van der Waals surface area contributed by atoms with Crippen molar-refractivity contribution in [3.63, 3.8) is 0 Å². The third-order valence-corrected chi connectivity index (χ3v) is 3.65. The lowest BCUT2D eigenvalue weighted by molar-refractivity contribution is 0.564. The Balaban J connectivity index is 2.60. The molecular formula is C17H23ClN2. The summed E-state index contributed by atoms with van der Waals surface area (Å²) < 4.78 is 0. The van der Waals surface area contributed by atoms with Gasteiger partial charge in [-0.3, -0.25) is 4.98 Å². The van der Waals surface area contributed by atoms with Gasteiger partial charge in [-0.05, 0) is 17.7 Å². The molecule has 2 rings (SSSR count). The molecule has 0 amide bonds. The fourth-order valence-electron chi connectivity index (χ4n) is 2.13. The van der Waals surface area contributed by atoms with Crippen LogP contribution in [0.25, 0.3) is 10.9 Å². The molecule has 108 valence electrons. The molecule has 0 bridgehead atoms. The third kappa shape index (κ3) is 3.31. The highest BCUT2D eigenvalue weighted by molar-refractivity contribution is 6.35. The molecule has 2 nitrogen and oxygen atoms in total. The van der Waals surface area contributed by atoms with Gasteiger partial charge in [0.25, 0.3) is 0 Å². The van der Waals surface area contributed by atoms with Gasteiger partial charge in [-0.15, -0.1) is 0 Å². The average Bonchev–Trinajstić information content (AvgIpc) is 2.35. The van der Waals surface area contributed by atoms with E-state index in [0.29, 0.717) is 6.04 Å². The number of benzene rings is 1. The van der Waals surface area contributed by atoms with Crippen LogP contribution in [-0.4, -0.2) is 11.0 Å². The fraction of sp³-hybridized carbons (Fsp3) is 0.471. The highest BCUT2D eigenvalue weighted by atomic mass is 35.5. The lowest BCUT2D eigenvalue weighted by Crippen LogP contribution is -2.23. The van der Waals surface area contributed by atoms with E-state index >= 15 is 0 Å². The van der Waals surface area contributed by atoms with Crippen LogP contribution in [0.3, 0.4) is 0 Å². The predicted octanol–water partition coefficient (Wildman–Crippen LogP) is 4.68. The molecular weight excluding hydrogens is 268 g/mol. The highest BCUT2D eigenvalue weighted by Gasteiger charge is 2.18. The summed E-state index contributed by atoms with van der Waals surface area (Å²) in [5, 5.41) is 5.34. The molecule has 0 aliphatic heterocycles. The zero-order valence-electron chi connectivity index (χ0n) is 12.9. The molecule has 0 spiro atoms. The molecule has 1 N–H and O–H groups in total. The Morgan fingerprint density at radius 3 is 2.55 bits per heavy atom. The van der Waals surface area contributed by atoms with E-state index in [2.05, 4.69) is 52.1 Å². The number of hydrogen-bond acceptors (Lipinski definition) is 2. The summed E-state index contributed by atoms with van der Waals surface area (Å²) in [4.78, 5) is 4.77. The van der Waals surface area contributed by atoms with Gasteiger partial charge in [-0.25, -0.2) is 0 Å². The largest absolute Gasteiger partial charge is 0.310 e. The summed E-state index contributed by atoms with van der Waals surface area (Å²) in [7, 11) is 0. The van der Waals surface area contributed by atoms with Crippen molar-refractivity contribution < 1.29 is 0 Å². The van der Waals surface area contributed by atoms with E-state index in [-0.39, 0.29) is 5.41 Å². The fourth-order valence-corrected chi connectivity index (χ4v) is 2.34. The second kappa shape index (κ2) is 5.71. The number of para-hydroxylation sites is 1. The number of fused-ring (bicyclic) bond motifs is 1. The van der Waals surface area contributed by atoms with Crippen molar-refractivity contribution in [1.82, 2.24) is 10.3 Å². The number of aromatic nitrogens is 1. The molecule has 0 radical (unpaired) electrons. The molecule has 0 atom stereocenters. The van der Waals surface area contributed by atoms with E-state index in [4.69, 9.17) is 16.6 Å². The minimum absolute atomic E-state index is 0.0138. The van der Waals surface area contributed by atoms with Crippen LogP contribution in [0, 0.1) is 0 Å². The Morgan fingerprint density at radius 2 is 1.95 bits per heavy atom. The van der Waals surface area contributed by atoms with Gasteiger partial charge in [-0.1, -0.05) is 58.4 Å². The SMILES string of the molecule is CC(C)NCc1cc(C(C)(C)C)nc2c(Cl)cccc12. The molecule has 2 aromatic rings. The first-order valence-corrected chi connectivity index (χ1v) is 7.49. The summed E-state index contributed by atoms with van der Waals surface area (Å²) in [6.07, 6.45) is 0. The number of nitrogens with zero attached hydrogens (tertiary/aromatic N) is 1. The zero-order chi connectivity index (χ0) is 14.9. The molecule has 0 saturated heterocycles. The molecule has 0 unspecified atom stereocenters. The molecule has 0 fully saturated rings. The van der Waals surface area contributed by atoms with E-state index in [1.165, 1.54) is 5.56 Å². The van der Waals surface area contributed by atoms with E-state index in [9.17, 15) is 0 Å². The van der Waals surface area contributed by atoms with Crippen LogP contribution in [0.5, 0.6) is 0 Å². The summed E-state index contributed by atoms with van der Waals surface area (Å²) >= 11 is 6.33. The first-order chi connectivity index (χ1) is 9.29. The number of pyridine rings is 1. The Kier molecular flexibility index (Phi) is 4.36. The molecule has 0 aliphatic carbocycles. The maximum Gasteiger partial charge on any atom is 0.0894 e. The Morgan fingerprint density at radius 1 is 1.25 bits per heavy atom. The molecule has 0 aliphatic rings. The monoisotopic (exact) mass is 290 g/mol. The van der Waals surface area contributed by atoms with E-state index in [1.54, 1.807) is 0 Å². The molecule has 0 saturated carbocycles. The average molecular weight is 291 g/mol. The van der Waals surface area contributed by atoms with Crippen LogP contribution in [0.1, 0.15) is 45.9 Å². The van der Waals surface area contributed by atoms with Crippen molar-refractivity contribution in [2.75, 3.05) is 0 Å². The normalized spacial score (nSPS) is 12.3. The zero-order valence-corrected chi connectivity index (χ0v) is 13.7. The standard InChI is InChI=1S/C17H23ClN2/c1-11(2)19-10-12-9-15(17(3,4)5)20-16-13(12)7-6-8-14(16)18/h6-9,11,19H,10H2,1-5H3. The van der Waals surface area contributed by atoms with Crippen LogP contribution < -0.4 is 5.32 Å². The van der Waals surface area contributed by atoms with E-state index in [0.717, 1.165) is 28.2 Å². The van der Waals surface area contributed by atoms with Gasteiger partial charge in [0.2, 0.25) is 0 Å². The summed E-state index contributed by atoms with van der Waals surface area (Å²) in [6, 6.07) is 8.65. The number of rotatable bonds is 3. The minimum Gasteiger partial charge on any atom is -0.310 e. The first-order valence-electron chi connectivity index (χ1n) is 7.11.